The van der Waals surface area contributed by atoms with Crippen LogP contribution in [-0.4, -0.2) is 31.7 Å². The van der Waals surface area contributed by atoms with Gasteiger partial charge in [0.25, 0.3) is 0 Å². The molecule has 0 saturated carbocycles. The molecule has 0 bridgehead atoms. The maximum atomic E-state index is 12.0. The van der Waals surface area contributed by atoms with Crippen LogP contribution in [0.15, 0.2) is 0 Å². The quantitative estimate of drug-likeness (QED) is 0.577. The molecule has 1 atom stereocenters. The Labute approximate surface area is 91.8 Å². The minimum atomic E-state index is -5.44. The highest BCUT2D eigenvalue weighted by atomic mass is 33.2. The fourth-order valence-electron chi connectivity index (χ4n) is 1.04. The van der Waals surface area contributed by atoms with Gasteiger partial charge >= 0.3 is 15.6 Å². The van der Waals surface area contributed by atoms with Crippen molar-refractivity contribution in [2.24, 2.45) is 0 Å². The van der Waals surface area contributed by atoms with E-state index < -0.39 is 25.0 Å². The Morgan fingerprint density at radius 2 is 1.93 bits per heavy atom. The summed E-state index contributed by atoms with van der Waals surface area (Å²) < 4.78 is 62.0. The van der Waals surface area contributed by atoms with Gasteiger partial charge in [-0.05, 0) is 19.1 Å². The molecule has 0 aromatic rings. The normalized spacial score (nSPS) is 33.3. The molecule has 0 aliphatic carbocycles. The zero-order valence-corrected chi connectivity index (χ0v) is 10.4. The summed E-state index contributed by atoms with van der Waals surface area (Å²) in [6, 6.07) is 0. The lowest BCUT2D eigenvalue weighted by Gasteiger charge is -2.36. The molecule has 92 valence electrons. The van der Waals surface area contributed by atoms with E-state index in [4.69, 9.17) is 0 Å². The Bertz CT molecular complexity index is 318. The Morgan fingerprint density at radius 1 is 1.33 bits per heavy atom. The van der Waals surface area contributed by atoms with Crippen molar-refractivity contribution in [3.8, 4) is 0 Å². The van der Waals surface area contributed by atoms with Crippen molar-refractivity contribution in [2.75, 3.05) is 17.8 Å². The molecule has 3 nitrogen and oxygen atoms in total. The van der Waals surface area contributed by atoms with E-state index >= 15 is 0 Å². The van der Waals surface area contributed by atoms with E-state index in [1.54, 1.807) is 0 Å². The minimum Gasteiger partial charge on any atom is -0.204 e. The van der Waals surface area contributed by atoms with Crippen LogP contribution in [0.25, 0.3) is 0 Å². The van der Waals surface area contributed by atoms with Gasteiger partial charge in [-0.25, -0.2) is 3.63 Å². The van der Waals surface area contributed by atoms with Crippen molar-refractivity contribution in [1.29, 1.82) is 0 Å². The lowest BCUT2D eigenvalue weighted by molar-refractivity contribution is -0.0495. The molecule has 9 heteroatoms. The first kappa shape index (κ1) is 13.5. The summed E-state index contributed by atoms with van der Waals surface area (Å²) in [6.45, 7) is 0. The molecule has 15 heavy (non-hydrogen) atoms. The van der Waals surface area contributed by atoms with Crippen LogP contribution in [0, 0.1) is 0 Å². The van der Waals surface area contributed by atoms with Crippen molar-refractivity contribution in [3.63, 3.8) is 0 Å². The van der Waals surface area contributed by atoms with Crippen molar-refractivity contribution in [3.05, 3.63) is 0 Å². The summed E-state index contributed by atoms with van der Waals surface area (Å²) in [7, 11) is -6.42. The standard InChI is InChI=1S/C6H11F3O3S3/c1-14(5-3-2-4-13-14)12-15(10,11)6(7,8)9/h2-5H2,1H3. The summed E-state index contributed by atoms with van der Waals surface area (Å²) in [5.74, 6) is 1.05. The number of hydrogen-bond donors (Lipinski definition) is 0. The smallest absolute Gasteiger partial charge is 0.204 e. The zero-order valence-electron chi connectivity index (χ0n) is 7.91. The second-order valence-corrected chi connectivity index (χ2v) is 10.8. The van der Waals surface area contributed by atoms with E-state index in [0.29, 0.717) is 17.9 Å². The van der Waals surface area contributed by atoms with Crippen molar-refractivity contribution < 1.29 is 25.2 Å². The maximum absolute atomic E-state index is 12.0. The van der Waals surface area contributed by atoms with Gasteiger partial charge in [0.1, 0.15) is 0 Å². The van der Waals surface area contributed by atoms with Crippen LogP contribution < -0.4 is 0 Å². The summed E-state index contributed by atoms with van der Waals surface area (Å²) in [4.78, 5) is 0. The average molecular weight is 284 g/mol. The maximum Gasteiger partial charge on any atom is 0.523 e. The molecule has 1 saturated heterocycles. The summed E-state index contributed by atoms with van der Waals surface area (Å²) in [6.07, 6.45) is 3.06. The Morgan fingerprint density at radius 3 is 2.33 bits per heavy atom. The van der Waals surface area contributed by atoms with Crippen LogP contribution >= 0.6 is 20.1 Å². The summed E-state index contributed by atoms with van der Waals surface area (Å²) in [5, 5.41) is 0. The molecule has 1 unspecified atom stereocenters. The fourth-order valence-corrected chi connectivity index (χ4v) is 7.95. The lowest BCUT2D eigenvalue weighted by Crippen LogP contribution is -2.27. The summed E-state index contributed by atoms with van der Waals surface area (Å²) in [5.41, 5.74) is -5.32. The molecular formula is C6H11F3O3S3. The van der Waals surface area contributed by atoms with Crippen molar-refractivity contribution >= 4 is 30.3 Å². The van der Waals surface area contributed by atoms with Gasteiger partial charge in [0, 0.05) is 11.5 Å². The first-order chi connectivity index (χ1) is 6.66. The molecule has 0 aromatic carbocycles. The van der Waals surface area contributed by atoms with E-state index in [2.05, 4.69) is 3.63 Å². The van der Waals surface area contributed by atoms with Crippen molar-refractivity contribution in [2.45, 2.75) is 18.3 Å². The first-order valence-corrected chi connectivity index (χ1v) is 9.14. The Balaban J connectivity index is 2.76. The van der Waals surface area contributed by atoms with Gasteiger partial charge in [0.05, 0.1) is 0 Å². The van der Waals surface area contributed by atoms with Gasteiger partial charge in [-0.1, -0.05) is 20.1 Å². The van der Waals surface area contributed by atoms with Crippen LogP contribution in [0.1, 0.15) is 12.8 Å². The van der Waals surface area contributed by atoms with Gasteiger partial charge < -0.3 is 0 Å². The largest absolute Gasteiger partial charge is 0.523 e. The molecule has 1 aliphatic heterocycles. The van der Waals surface area contributed by atoms with E-state index in [0.717, 1.165) is 6.42 Å². The van der Waals surface area contributed by atoms with Gasteiger partial charge in [0.15, 0.2) is 0 Å². The molecule has 0 amide bonds. The second-order valence-electron chi connectivity index (χ2n) is 3.13. The van der Waals surface area contributed by atoms with Gasteiger partial charge in [0.2, 0.25) is 0 Å². The van der Waals surface area contributed by atoms with E-state index in [1.807, 2.05) is 0 Å². The molecule has 0 radical (unpaired) electrons. The van der Waals surface area contributed by atoms with Gasteiger partial charge in [-0.3, -0.25) is 0 Å². The lowest BCUT2D eigenvalue weighted by atomic mass is 10.4. The third-order valence-corrected chi connectivity index (χ3v) is 9.17. The third-order valence-electron chi connectivity index (χ3n) is 1.76. The molecule has 0 N–H and O–H groups in total. The van der Waals surface area contributed by atoms with Crippen molar-refractivity contribution in [1.82, 2.24) is 0 Å². The minimum absolute atomic E-state index is 0.396. The van der Waals surface area contributed by atoms with Gasteiger partial charge in [-0.15, -0.1) is 0 Å². The first-order valence-electron chi connectivity index (χ1n) is 4.09. The average Bonchev–Trinajstić information content (AvgIpc) is 2.00. The molecule has 0 spiro atoms. The predicted molar refractivity (Wildman–Crippen MR) is 56.1 cm³/mol. The van der Waals surface area contributed by atoms with Crippen LogP contribution in [0.5, 0.6) is 0 Å². The zero-order chi connectivity index (χ0) is 11.7. The van der Waals surface area contributed by atoms with Crippen LogP contribution in [0.4, 0.5) is 13.2 Å². The monoisotopic (exact) mass is 284 g/mol. The third kappa shape index (κ3) is 3.43. The summed E-state index contributed by atoms with van der Waals surface area (Å²) >= 11 is 0. The Kier molecular flexibility index (Phi) is 3.90. The number of hydrogen-bond acceptors (Lipinski definition) is 4. The molecule has 1 aliphatic rings. The van der Waals surface area contributed by atoms with E-state index in [9.17, 15) is 21.6 Å². The fraction of sp³-hybridized carbons (Fsp3) is 1.00. The van der Waals surface area contributed by atoms with E-state index in [-0.39, 0.29) is 0 Å². The molecular weight excluding hydrogens is 273 g/mol. The second kappa shape index (κ2) is 4.34. The van der Waals surface area contributed by atoms with Crippen LogP contribution in [0.2, 0.25) is 0 Å². The van der Waals surface area contributed by atoms with Crippen LogP contribution in [-0.2, 0) is 13.7 Å². The number of alkyl halides is 3. The number of rotatable bonds is 2. The number of halogens is 3. The molecule has 1 fully saturated rings. The predicted octanol–water partition coefficient (Wildman–Crippen LogP) is 2.64. The Hall–Kier alpha value is 0.400. The molecule has 1 heterocycles. The van der Waals surface area contributed by atoms with E-state index in [1.165, 1.54) is 17.0 Å². The highest BCUT2D eigenvalue weighted by Gasteiger charge is 2.50. The molecule has 1 rings (SSSR count). The highest BCUT2D eigenvalue weighted by Crippen LogP contribution is 2.62. The topological polar surface area (TPSA) is 43.4 Å². The highest BCUT2D eigenvalue weighted by molar-refractivity contribution is 8.92. The van der Waals surface area contributed by atoms with Gasteiger partial charge in [-0.2, -0.15) is 21.6 Å². The SMILES string of the molecule is CS1(OS(=O)(=O)C(F)(F)F)CCCCS1. The molecule has 0 aromatic heterocycles. The van der Waals surface area contributed by atoms with Crippen LogP contribution in [0.3, 0.4) is 0 Å².